The van der Waals surface area contributed by atoms with Crippen molar-refractivity contribution in [3.63, 3.8) is 0 Å². The summed E-state index contributed by atoms with van der Waals surface area (Å²) in [4.78, 5) is 9.32. The lowest BCUT2D eigenvalue weighted by molar-refractivity contribution is -0.389. The van der Waals surface area contributed by atoms with Crippen molar-refractivity contribution >= 4 is 6.29 Å². The largest absolute Gasteiger partial charge is 0.573 e. The van der Waals surface area contributed by atoms with Crippen molar-refractivity contribution in [3.8, 4) is 0 Å². The van der Waals surface area contributed by atoms with Crippen LogP contribution in [0.5, 0.6) is 0 Å². The molecule has 0 aromatic heterocycles. The second-order valence-corrected chi connectivity index (χ2v) is 1.02. The molecular formula is C3H7NO+2. The lowest BCUT2D eigenvalue weighted by Crippen LogP contribution is -2.59. The molecule has 1 unspecified atom stereocenters. The quantitative estimate of drug-likeness (QED) is 0.386. The van der Waals surface area contributed by atoms with Crippen LogP contribution < -0.4 is 5.73 Å². The first-order valence-corrected chi connectivity index (χ1v) is 1.48. The first-order chi connectivity index (χ1) is 2.27. The number of hydrogen-bond donors (Lipinski definition) is 1. The average molecular weight is 73.1 g/mol. The lowest BCUT2D eigenvalue weighted by Gasteiger charge is -1.59. The predicted molar refractivity (Wildman–Crippen MR) is 18.0 cm³/mol. The molecule has 0 aliphatic heterocycles. The highest BCUT2D eigenvalue weighted by molar-refractivity contribution is 5.54. The molecule has 0 rings (SSSR count). The van der Waals surface area contributed by atoms with Crippen LogP contribution in [0.25, 0.3) is 0 Å². The molecule has 0 aromatic rings. The first kappa shape index (κ1) is 4.54. The van der Waals surface area contributed by atoms with E-state index in [1.807, 2.05) is 0 Å². The maximum absolute atomic E-state index is 9.32. The molecule has 5 heavy (non-hydrogen) atoms. The van der Waals surface area contributed by atoms with Gasteiger partial charge in [-0.1, -0.05) is 0 Å². The summed E-state index contributed by atoms with van der Waals surface area (Å²) in [6.45, 7) is 1.69. The van der Waals surface area contributed by atoms with Gasteiger partial charge in [0.1, 0.15) is 0 Å². The smallest absolute Gasteiger partial charge is 0.306 e. The Labute approximate surface area is 31.0 Å². The van der Waals surface area contributed by atoms with E-state index in [0.717, 1.165) is 0 Å². The van der Waals surface area contributed by atoms with Crippen LogP contribution in [0.4, 0.5) is 0 Å². The highest BCUT2D eigenvalue weighted by Gasteiger charge is 2.06. The van der Waals surface area contributed by atoms with Gasteiger partial charge in [0.25, 0.3) is 0 Å². The maximum Gasteiger partial charge on any atom is 0.573 e. The normalized spacial score (nSPS) is 13.2. The highest BCUT2D eigenvalue weighted by Crippen LogP contribution is 1.50. The van der Waals surface area contributed by atoms with Crippen molar-refractivity contribution in [1.29, 1.82) is 0 Å². The monoisotopic (exact) mass is 73.1 g/mol. The molecule has 0 fully saturated rings. The average Bonchev–Trinajstić information content (AvgIpc) is 1.38. The Kier molecular flexibility index (Phi) is 1.65. The van der Waals surface area contributed by atoms with Crippen LogP contribution >= 0.6 is 0 Å². The van der Waals surface area contributed by atoms with Crippen LogP contribution in [-0.4, -0.2) is 12.3 Å². The number of rotatable bonds is 1. The van der Waals surface area contributed by atoms with E-state index < -0.39 is 0 Å². The molecule has 0 aromatic carbocycles. The van der Waals surface area contributed by atoms with Gasteiger partial charge in [-0.05, 0) is 0 Å². The van der Waals surface area contributed by atoms with Crippen LogP contribution in [0.3, 0.4) is 0 Å². The van der Waals surface area contributed by atoms with Crippen molar-refractivity contribution in [2.24, 2.45) is 0 Å². The van der Waals surface area contributed by atoms with Gasteiger partial charge in [-0.2, -0.15) is 0 Å². The van der Waals surface area contributed by atoms with Gasteiger partial charge < -0.3 is 5.73 Å². The van der Waals surface area contributed by atoms with Crippen LogP contribution in [0.2, 0.25) is 0 Å². The van der Waals surface area contributed by atoms with Crippen molar-refractivity contribution in [1.82, 2.24) is 0 Å². The SMILES string of the molecule is CC([NH3+])[C+]=O. The zero-order valence-electron chi connectivity index (χ0n) is 3.19. The molecule has 0 saturated heterocycles. The van der Waals surface area contributed by atoms with E-state index in [2.05, 4.69) is 5.73 Å². The summed E-state index contributed by atoms with van der Waals surface area (Å²) in [5.74, 6) is 0. The van der Waals surface area contributed by atoms with Crippen molar-refractivity contribution in [2.75, 3.05) is 0 Å². The minimum absolute atomic E-state index is 0.171. The molecule has 0 bridgehead atoms. The summed E-state index contributed by atoms with van der Waals surface area (Å²) in [6.07, 6.45) is 1.67. The molecule has 28 valence electrons. The van der Waals surface area contributed by atoms with Gasteiger partial charge in [-0.3, -0.25) is 0 Å². The van der Waals surface area contributed by atoms with Gasteiger partial charge in [-0.25, -0.2) is 0 Å². The van der Waals surface area contributed by atoms with E-state index in [1.54, 1.807) is 13.2 Å². The standard InChI is InChI=1S/C3H6NO/c1-3(4)2-5/h3H,4H2,1H3/q+1/p+1. The summed E-state index contributed by atoms with van der Waals surface area (Å²) in [6, 6.07) is -0.171. The number of hydrogen-bond acceptors (Lipinski definition) is 1. The topological polar surface area (TPSA) is 44.7 Å². The molecule has 0 radical (unpaired) electrons. The number of quaternary nitrogens is 1. The van der Waals surface area contributed by atoms with Crippen LogP contribution in [0.1, 0.15) is 6.92 Å². The lowest BCUT2D eigenvalue weighted by atomic mass is 10.4. The minimum Gasteiger partial charge on any atom is -0.306 e. The number of carbonyl (C=O) groups excluding carboxylic acids is 1. The molecule has 0 saturated carbocycles. The molecule has 0 aliphatic rings. The summed E-state index contributed by atoms with van der Waals surface area (Å²) in [5.41, 5.74) is 3.33. The minimum atomic E-state index is -0.171. The van der Waals surface area contributed by atoms with E-state index in [0.29, 0.717) is 0 Å². The Balaban J connectivity index is 2.83. The van der Waals surface area contributed by atoms with Gasteiger partial charge in [0, 0.05) is 11.7 Å². The molecule has 0 aliphatic carbocycles. The van der Waals surface area contributed by atoms with Crippen molar-refractivity contribution in [3.05, 3.63) is 0 Å². The van der Waals surface area contributed by atoms with E-state index in [9.17, 15) is 4.79 Å². The molecule has 0 amide bonds. The third-order valence-corrected chi connectivity index (χ3v) is 0.201. The molecule has 0 heterocycles. The van der Waals surface area contributed by atoms with Gasteiger partial charge >= 0.3 is 12.3 Å². The third-order valence-electron chi connectivity index (χ3n) is 0.201. The second kappa shape index (κ2) is 1.82. The summed E-state index contributed by atoms with van der Waals surface area (Å²) in [5, 5.41) is 0. The Morgan fingerprint density at radius 1 is 2.00 bits per heavy atom. The Morgan fingerprint density at radius 3 is 2.20 bits per heavy atom. The summed E-state index contributed by atoms with van der Waals surface area (Å²) < 4.78 is 0. The fourth-order valence-corrected chi connectivity index (χ4v) is 0. The third kappa shape index (κ3) is 3.54. The van der Waals surface area contributed by atoms with E-state index in [4.69, 9.17) is 0 Å². The van der Waals surface area contributed by atoms with E-state index >= 15 is 0 Å². The van der Waals surface area contributed by atoms with Crippen molar-refractivity contribution in [2.45, 2.75) is 13.0 Å². The van der Waals surface area contributed by atoms with Gasteiger partial charge in [0.15, 0.2) is 0 Å². The molecule has 2 nitrogen and oxygen atoms in total. The fourth-order valence-electron chi connectivity index (χ4n) is 0. The van der Waals surface area contributed by atoms with Crippen LogP contribution in [0.15, 0.2) is 0 Å². The van der Waals surface area contributed by atoms with Crippen LogP contribution in [-0.2, 0) is 4.79 Å². The van der Waals surface area contributed by atoms with E-state index in [-0.39, 0.29) is 6.04 Å². The van der Waals surface area contributed by atoms with Crippen LogP contribution in [0, 0.1) is 0 Å². The highest BCUT2D eigenvalue weighted by atomic mass is 16.1. The fraction of sp³-hybridized carbons (Fsp3) is 0.667. The van der Waals surface area contributed by atoms with Gasteiger partial charge in [0.2, 0.25) is 0 Å². The Hall–Kier alpha value is -0.460. The zero-order valence-corrected chi connectivity index (χ0v) is 3.19. The second-order valence-electron chi connectivity index (χ2n) is 1.02. The first-order valence-electron chi connectivity index (χ1n) is 1.48. The molecule has 3 N–H and O–H groups in total. The predicted octanol–water partition coefficient (Wildman–Crippen LogP) is -1.27. The summed E-state index contributed by atoms with van der Waals surface area (Å²) in [7, 11) is 0. The molecule has 2 heteroatoms. The zero-order chi connectivity index (χ0) is 4.28. The molecule has 0 spiro atoms. The van der Waals surface area contributed by atoms with E-state index in [1.165, 1.54) is 0 Å². The Morgan fingerprint density at radius 2 is 2.20 bits per heavy atom. The molecular weight excluding hydrogens is 66.0 g/mol. The van der Waals surface area contributed by atoms with Crippen molar-refractivity contribution < 1.29 is 10.5 Å². The van der Waals surface area contributed by atoms with Gasteiger partial charge in [-0.15, -0.1) is 0 Å². The van der Waals surface area contributed by atoms with Gasteiger partial charge in [0.05, 0.1) is 0 Å². The Bertz CT molecular complexity index is 33.9. The summed E-state index contributed by atoms with van der Waals surface area (Å²) >= 11 is 0. The molecule has 1 atom stereocenters. The maximum atomic E-state index is 9.32.